The molecule has 0 aliphatic heterocycles. The van der Waals surface area contributed by atoms with Crippen LogP contribution in [0.25, 0.3) is 10.1 Å². The van der Waals surface area contributed by atoms with Crippen molar-refractivity contribution in [1.29, 1.82) is 0 Å². The van der Waals surface area contributed by atoms with Gasteiger partial charge in [0.15, 0.2) is 0 Å². The minimum atomic E-state index is -0.0108. The Labute approximate surface area is 98.5 Å². The first kappa shape index (κ1) is 11.1. The molecule has 1 aromatic carbocycles. The SMILES string of the molecule is CNCCNC(=O)c1ccc2sccc2c1. The molecule has 16 heavy (non-hydrogen) atoms. The van der Waals surface area contributed by atoms with E-state index in [0.717, 1.165) is 17.5 Å². The molecule has 1 amide bonds. The van der Waals surface area contributed by atoms with Gasteiger partial charge in [0.1, 0.15) is 0 Å². The van der Waals surface area contributed by atoms with Gasteiger partial charge in [-0.2, -0.15) is 0 Å². The summed E-state index contributed by atoms with van der Waals surface area (Å²) in [6, 6.07) is 7.82. The van der Waals surface area contributed by atoms with Crippen LogP contribution in [0.1, 0.15) is 10.4 Å². The van der Waals surface area contributed by atoms with E-state index >= 15 is 0 Å². The number of thiophene rings is 1. The summed E-state index contributed by atoms with van der Waals surface area (Å²) in [7, 11) is 1.86. The van der Waals surface area contributed by atoms with Gasteiger partial charge in [-0.1, -0.05) is 0 Å². The van der Waals surface area contributed by atoms with Crippen LogP contribution in [0.15, 0.2) is 29.6 Å². The zero-order valence-corrected chi connectivity index (χ0v) is 9.93. The topological polar surface area (TPSA) is 41.1 Å². The summed E-state index contributed by atoms with van der Waals surface area (Å²) < 4.78 is 1.21. The van der Waals surface area contributed by atoms with E-state index in [2.05, 4.69) is 10.6 Å². The van der Waals surface area contributed by atoms with Crippen LogP contribution in [0, 0.1) is 0 Å². The summed E-state index contributed by atoms with van der Waals surface area (Å²) in [4.78, 5) is 11.7. The fourth-order valence-electron chi connectivity index (χ4n) is 1.51. The molecule has 1 heterocycles. The normalized spacial score (nSPS) is 10.6. The number of hydrogen-bond donors (Lipinski definition) is 2. The number of likely N-dealkylation sites (N-methyl/N-ethyl adjacent to an activating group) is 1. The third kappa shape index (κ3) is 2.40. The standard InChI is InChI=1S/C12H14N2OS/c1-13-5-6-14-12(15)10-2-3-11-9(8-10)4-7-16-11/h2-4,7-8,13H,5-6H2,1H3,(H,14,15). The lowest BCUT2D eigenvalue weighted by Gasteiger charge is -2.04. The highest BCUT2D eigenvalue weighted by Gasteiger charge is 2.05. The monoisotopic (exact) mass is 234 g/mol. The Hall–Kier alpha value is -1.39. The molecule has 2 aromatic rings. The fraction of sp³-hybridized carbons (Fsp3) is 0.250. The van der Waals surface area contributed by atoms with Gasteiger partial charge in [0.25, 0.3) is 5.91 Å². The Kier molecular flexibility index (Phi) is 3.54. The molecule has 3 nitrogen and oxygen atoms in total. The number of amides is 1. The Balaban J connectivity index is 2.10. The molecule has 2 N–H and O–H groups in total. The van der Waals surface area contributed by atoms with Crippen LogP contribution in [-0.2, 0) is 0 Å². The Bertz CT molecular complexity index is 492. The molecule has 4 heteroatoms. The quantitative estimate of drug-likeness (QED) is 0.793. The first-order valence-electron chi connectivity index (χ1n) is 5.21. The van der Waals surface area contributed by atoms with Gasteiger partial charge >= 0.3 is 0 Å². The highest BCUT2D eigenvalue weighted by molar-refractivity contribution is 7.17. The predicted molar refractivity (Wildman–Crippen MR) is 68.1 cm³/mol. The molecule has 0 bridgehead atoms. The van der Waals surface area contributed by atoms with Crippen molar-refractivity contribution in [2.24, 2.45) is 0 Å². The Morgan fingerprint density at radius 1 is 1.31 bits per heavy atom. The van der Waals surface area contributed by atoms with Crippen LogP contribution in [-0.4, -0.2) is 26.0 Å². The maximum atomic E-state index is 11.7. The first-order chi connectivity index (χ1) is 7.81. The van der Waals surface area contributed by atoms with Crippen molar-refractivity contribution < 1.29 is 4.79 Å². The van der Waals surface area contributed by atoms with Crippen molar-refractivity contribution in [2.75, 3.05) is 20.1 Å². The Morgan fingerprint density at radius 2 is 2.19 bits per heavy atom. The van der Waals surface area contributed by atoms with Gasteiger partial charge in [-0.05, 0) is 42.1 Å². The molecule has 1 aromatic heterocycles. The van der Waals surface area contributed by atoms with E-state index in [9.17, 15) is 4.79 Å². The molecule has 0 saturated heterocycles. The zero-order valence-electron chi connectivity index (χ0n) is 9.12. The summed E-state index contributed by atoms with van der Waals surface area (Å²) in [5.74, 6) is -0.0108. The summed E-state index contributed by atoms with van der Waals surface area (Å²) in [5.41, 5.74) is 0.724. The lowest BCUT2D eigenvalue weighted by atomic mass is 10.1. The van der Waals surface area contributed by atoms with Crippen LogP contribution in [0.2, 0.25) is 0 Å². The van der Waals surface area contributed by atoms with Crippen LogP contribution in [0.5, 0.6) is 0 Å². The predicted octanol–water partition coefficient (Wildman–Crippen LogP) is 1.85. The van der Waals surface area contributed by atoms with Crippen molar-refractivity contribution in [3.8, 4) is 0 Å². The molecule has 0 spiro atoms. The van der Waals surface area contributed by atoms with E-state index in [1.54, 1.807) is 11.3 Å². The highest BCUT2D eigenvalue weighted by Crippen LogP contribution is 2.21. The average Bonchev–Trinajstić information content (AvgIpc) is 2.76. The molecule has 0 unspecified atom stereocenters. The van der Waals surface area contributed by atoms with E-state index in [1.165, 1.54) is 4.70 Å². The summed E-state index contributed by atoms with van der Waals surface area (Å²) in [6.07, 6.45) is 0. The third-order valence-electron chi connectivity index (χ3n) is 2.38. The number of rotatable bonds is 4. The van der Waals surface area contributed by atoms with Crippen molar-refractivity contribution in [1.82, 2.24) is 10.6 Å². The van der Waals surface area contributed by atoms with Crippen LogP contribution >= 0.6 is 11.3 Å². The van der Waals surface area contributed by atoms with E-state index in [1.807, 2.05) is 36.7 Å². The Morgan fingerprint density at radius 3 is 3.00 bits per heavy atom. The largest absolute Gasteiger partial charge is 0.351 e. The van der Waals surface area contributed by atoms with Crippen LogP contribution < -0.4 is 10.6 Å². The first-order valence-corrected chi connectivity index (χ1v) is 6.09. The van der Waals surface area contributed by atoms with E-state index in [-0.39, 0.29) is 5.91 Å². The minimum absolute atomic E-state index is 0.0108. The number of hydrogen-bond acceptors (Lipinski definition) is 3. The zero-order chi connectivity index (χ0) is 11.4. The number of carbonyl (C=O) groups excluding carboxylic acids is 1. The number of nitrogens with one attached hydrogen (secondary N) is 2. The van der Waals surface area contributed by atoms with E-state index in [0.29, 0.717) is 6.54 Å². The van der Waals surface area contributed by atoms with E-state index < -0.39 is 0 Å². The summed E-state index contributed by atoms with van der Waals surface area (Å²) in [6.45, 7) is 1.43. The maximum absolute atomic E-state index is 11.7. The van der Waals surface area contributed by atoms with Crippen molar-refractivity contribution in [3.05, 3.63) is 35.2 Å². The lowest BCUT2D eigenvalue weighted by molar-refractivity contribution is 0.0954. The molecular formula is C12H14N2OS. The number of benzene rings is 1. The molecule has 84 valence electrons. The number of fused-ring (bicyclic) bond motifs is 1. The smallest absolute Gasteiger partial charge is 0.251 e. The lowest BCUT2D eigenvalue weighted by Crippen LogP contribution is -2.30. The molecule has 0 atom stereocenters. The van der Waals surface area contributed by atoms with Crippen LogP contribution in [0.3, 0.4) is 0 Å². The van der Waals surface area contributed by atoms with Gasteiger partial charge in [-0.3, -0.25) is 4.79 Å². The van der Waals surface area contributed by atoms with Gasteiger partial charge < -0.3 is 10.6 Å². The van der Waals surface area contributed by atoms with Gasteiger partial charge in [-0.15, -0.1) is 11.3 Å². The molecule has 0 aliphatic carbocycles. The highest BCUT2D eigenvalue weighted by atomic mass is 32.1. The average molecular weight is 234 g/mol. The second kappa shape index (κ2) is 5.09. The van der Waals surface area contributed by atoms with Crippen molar-refractivity contribution in [3.63, 3.8) is 0 Å². The molecule has 0 aliphatic rings. The minimum Gasteiger partial charge on any atom is -0.351 e. The second-order valence-electron chi connectivity index (χ2n) is 3.53. The fourth-order valence-corrected chi connectivity index (χ4v) is 2.28. The van der Waals surface area contributed by atoms with Gasteiger partial charge in [0.05, 0.1) is 0 Å². The number of carbonyl (C=O) groups is 1. The summed E-state index contributed by atoms with van der Waals surface area (Å²) in [5, 5.41) is 9.01. The molecule has 2 rings (SSSR count). The van der Waals surface area contributed by atoms with Crippen molar-refractivity contribution in [2.45, 2.75) is 0 Å². The molecule has 0 fully saturated rings. The van der Waals surface area contributed by atoms with Crippen LogP contribution in [0.4, 0.5) is 0 Å². The van der Waals surface area contributed by atoms with Gasteiger partial charge in [-0.25, -0.2) is 0 Å². The summed E-state index contributed by atoms with van der Waals surface area (Å²) >= 11 is 1.69. The second-order valence-corrected chi connectivity index (χ2v) is 4.48. The van der Waals surface area contributed by atoms with Gasteiger partial charge in [0, 0.05) is 23.4 Å². The third-order valence-corrected chi connectivity index (χ3v) is 3.27. The van der Waals surface area contributed by atoms with Gasteiger partial charge in [0.2, 0.25) is 0 Å². The molecule has 0 radical (unpaired) electrons. The van der Waals surface area contributed by atoms with E-state index in [4.69, 9.17) is 0 Å². The molecular weight excluding hydrogens is 220 g/mol. The maximum Gasteiger partial charge on any atom is 0.251 e. The molecule has 0 saturated carbocycles. The van der Waals surface area contributed by atoms with Crippen molar-refractivity contribution >= 4 is 27.3 Å².